The molecule has 0 unspecified atom stereocenters. The van der Waals surface area contributed by atoms with Gasteiger partial charge in [-0.15, -0.1) is 0 Å². The Bertz CT molecular complexity index is 798. The molecule has 1 fully saturated rings. The van der Waals surface area contributed by atoms with Crippen LogP contribution in [-0.2, 0) is 20.0 Å². The van der Waals surface area contributed by atoms with Crippen molar-refractivity contribution >= 4 is 20.0 Å². The van der Waals surface area contributed by atoms with Gasteiger partial charge in [-0.1, -0.05) is 31.4 Å². The lowest BCUT2D eigenvalue weighted by Gasteiger charge is -2.32. The Morgan fingerprint density at radius 3 is 2.32 bits per heavy atom. The summed E-state index contributed by atoms with van der Waals surface area (Å²) in [5, 5.41) is 0. The monoisotopic (exact) mass is 388 g/mol. The number of rotatable bonds is 7. The summed E-state index contributed by atoms with van der Waals surface area (Å²) in [6.45, 7) is 3.82. The van der Waals surface area contributed by atoms with E-state index >= 15 is 0 Å². The molecule has 25 heavy (non-hydrogen) atoms. The van der Waals surface area contributed by atoms with E-state index in [9.17, 15) is 16.8 Å². The highest BCUT2D eigenvalue weighted by atomic mass is 32.2. The fraction of sp³-hybridized carbons (Fsp3) is 0.647. The van der Waals surface area contributed by atoms with Crippen molar-refractivity contribution < 1.29 is 16.8 Å². The van der Waals surface area contributed by atoms with Crippen molar-refractivity contribution in [2.24, 2.45) is 0 Å². The van der Waals surface area contributed by atoms with Crippen LogP contribution < -0.4 is 4.72 Å². The summed E-state index contributed by atoms with van der Waals surface area (Å²) in [7, 11) is -7.02. The lowest BCUT2D eigenvalue weighted by molar-refractivity contribution is 0.257. The van der Waals surface area contributed by atoms with Crippen molar-refractivity contribution in [1.29, 1.82) is 0 Å². The van der Waals surface area contributed by atoms with E-state index in [0.29, 0.717) is 5.56 Å². The maximum absolute atomic E-state index is 12.5. The summed E-state index contributed by atoms with van der Waals surface area (Å²) < 4.78 is 53.3. The van der Waals surface area contributed by atoms with Crippen LogP contribution in [0.2, 0.25) is 0 Å². The predicted octanol–water partition coefficient (Wildman–Crippen LogP) is 2.18. The second-order valence-electron chi connectivity index (χ2n) is 6.83. The molecule has 6 nitrogen and oxygen atoms in total. The third-order valence-electron chi connectivity index (χ3n) is 4.67. The van der Waals surface area contributed by atoms with Gasteiger partial charge >= 0.3 is 0 Å². The smallest absolute Gasteiger partial charge is 0.212 e. The molecule has 1 aromatic rings. The van der Waals surface area contributed by atoms with E-state index in [1.807, 2.05) is 13.0 Å². The zero-order valence-electron chi connectivity index (χ0n) is 15.2. The van der Waals surface area contributed by atoms with Crippen LogP contribution in [0.5, 0.6) is 0 Å². The first kappa shape index (κ1) is 20.4. The van der Waals surface area contributed by atoms with Gasteiger partial charge in [0.05, 0.1) is 11.2 Å². The van der Waals surface area contributed by atoms with Gasteiger partial charge in [-0.25, -0.2) is 21.6 Å². The minimum absolute atomic E-state index is 0.0195. The van der Waals surface area contributed by atoms with Crippen LogP contribution in [0.1, 0.15) is 43.2 Å². The quantitative estimate of drug-likeness (QED) is 0.776. The summed E-state index contributed by atoms with van der Waals surface area (Å²) in [6.07, 6.45) is 6.05. The van der Waals surface area contributed by atoms with E-state index in [-0.39, 0.29) is 24.0 Å². The molecule has 1 saturated carbocycles. The molecular weight excluding hydrogens is 360 g/mol. The highest BCUT2D eigenvalue weighted by Crippen LogP contribution is 2.24. The molecule has 1 N–H and O–H groups in total. The minimum Gasteiger partial charge on any atom is -0.212 e. The van der Waals surface area contributed by atoms with Gasteiger partial charge < -0.3 is 0 Å². The predicted molar refractivity (Wildman–Crippen MR) is 99.5 cm³/mol. The molecule has 1 aliphatic rings. The molecule has 1 aliphatic carbocycles. The van der Waals surface area contributed by atoms with Crippen LogP contribution in [0.15, 0.2) is 23.1 Å². The van der Waals surface area contributed by atoms with E-state index in [4.69, 9.17) is 0 Å². The molecule has 0 heterocycles. The van der Waals surface area contributed by atoms with Crippen LogP contribution in [0.25, 0.3) is 0 Å². The van der Waals surface area contributed by atoms with E-state index in [1.165, 1.54) is 10.6 Å². The number of hydrogen-bond acceptors (Lipinski definition) is 4. The van der Waals surface area contributed by atoms with Crippen LogP contribution in [0.3, 0.4) is 0 Å². The normalized spacial score (nSPS) is 17.1. The van der Waals surface area contributed by atoms with Gasteiger partial charge in [0.2, 0.25) is 20.0 Å². The van der Waals surface area contributed by atoms with E-state index in [1.54, 1.807) is 19.1 Å². The van der Waals surface area contributed by atoms with E-state index < -0.39 is 20.0 Å². The molecule has 0 amide bonds. The summed E-state index contributed by atoms with van der Waals surface area (Å²) >= 11 is 0. The average Bonchev–Trinajstić information content (AvgIpc) is 2.53. The summed E-state index contributed by atoms with van der Waals surface area (Å²) in [6, 6.07) is 5.25. The molecule has 0 spiro atoms. The molecule has 0 saturated heterocycles. The van der Waals surface area contributed by atoms with Crippen molar-refractivity contribution in [3.8, 4) is 0 Å². The maximum atomic E-state index is 12.5. The van der Waals surface area contributed by atoms with Crippen molar-refractivity contribution in [1.82, 2.24) is 9.03 Å². The third-order valence-corrected chi connectivity index (χ3v) is 7.60. The van der Waals surface area contributed by atoms with Gasteiger partial charge in [0.1, 0.15) is 0 Å². The SMILES string of the molecule is Cc1ccc(C)c(S(=O)(=O)NCCN(C2CCCCC2)S(C)(=O)=O)c1. The van der Waals surface area contributed by atoms with Gasteiger partial charge in [0.15, 0.2) is 0 Å². The van der Waals surface area contributed by atoms with Gasteiger partial charge in [-0.3, -0.25) is 0 Å². The lowest BCUT2D eigenvalue weighted by Crippen LogP contribution is -2.45. The number of aryl methyl sites for hydroxylation is 2. The van der Waals surface area contributed by atoms with Crippen molar-refractivity contribution in [2.75, 3.05) is 19.3 Å². The Morgan fingerprint density at radius 2 is 1.72 bits per heavy atom. The number of benzene rings is 1. The Hall–Kier alpha value is -0.960. The number of hydrogen-bond donors (Lipinski definition) is 1. The minimum atomic E-state index is -3.66. The zero-order chi connectivity index (χ0) is 18.7. The molecule has 0 aromatic heterocycles. The molecular formula is C17H28N2O4S2. The molecule has 0 radical (unpaired) electrons. The largest absolute Gasteiger partial charge is 0.240 e. The highest BCUT2D eigenvalue weighted by molar-refractivity contribution is 7.89. The fourth-order valence-electron chi connectivity index (χ4n) is 3.35. The fourth-order valence-corrected chi connectivity index (χ4v) is 5.88. The van der Waals surface area contributed by atoms with Crippen LogP contribution >= 0.6 is 0 Å². The van der Waals surface area contributed by atoms with Crippen LogP contribution in [0, 0.1) is 13.8 Å². The molecule has 142 valence electrons. The molecule has 8 heteroatoms. The van der Waals surface area contributed by atoms with Crippen molar-refractivity contribution in [2.45, 2.75) is 56.9 Å². The molecule has 2 rings (SSSR count). The second-order valence-corrected chi connectivity index (χ2v) is 10.5. The van der Waals surface area contributed by atoms with Crippen LogP contribution in [-0.4, -0.2) is 46.5 Å². The van der Waals surface area contributed by atoms with Crippen molar-refractivity contribution in [3.05, 3.63) is 29.3 Å². The van der Waals surface area contributed by atoms with Gasteiger partial charge in [0, 0.05) is 19.1 Å². The first-order valence-electron chi connectivity index (χ1n) is 8.65. The van der Waals surface area contributed by atoms with Crippen LogP contribution in [0.4, 0.5) is 0 Å². The summed E-state index contributed by atoms with van der Waals surface area (Å²) in [5.41, 5.74) is 1.54. The standard InChI is InChI=1S/C17H28N2O4S2/c1-14-9-10-15(2)17(13-14)25(22,23)18-11-12-19(24(3,20)21)16-7-5-4-6-8-16/h9-10,13,16,18H,4-8,11-12H2,1-3H3. The summed E-state index contributed by atoms with van der Waals surface area (Å²) in [5.74, 6) is 0. The third kappa shape index (κ3) is 5.51. The number of nitrogens with one attached hydrogen (secondary N) is 1. The molecule has 0 atom stereocenters. The van der Waals surface area contributed by atoms with Gasteiger partial charge in [-0.05, 0) is 43.9 Å². The van der Waals surface area contributed by atoms with Gasteiger partial charge in [0.25, 0.3) is 0 Å². The molecule has 0 bridgehead atoms. The highest BCUT2D eigenvalue weighted by Gasteiger charge is 2.28. The Labute approximate surface area is 151 Å². The maximum Gasteiger partial charge on any atom is 0.240 e. The van der Waals surface area contributed by atoms with E-state index in [2.05, 4.69) is 4.72 Å². The first-order valence-corrected chi connectivity index (χ1v) is 12.0. The Morgan fingerprint density at radius 1 is 1.08 bits per heavy atom. The zero-order valence-corrected chi connectivity index (χ0v) is 16.8. The topological polar surface area (TPSA) is 83.6 Å². The van der Waals surface area contributed by atoms with E-state index in [0.717, 1.165) is 37.7 Å². The number of nitrogens with zero attached hydrogens (tertiary/aromatic N) is 1. The van der Waals surface area contributed by atoms with Gasteiger partial charge in [-0.2, -0.15) is 4.31 Å². The lowest BCUT2D eigenvalue weighted by atomic mass is 9.95. The Kier molecular flexibility index (Phi) is 6.64. The summed E-state index contributed by atoms with van der Waals surface area (Å²) in [4.78, 5) is 0.246. The molecule has 1 aromatic carbocycles. The Balaban J connectivity index is 2.07. The second kappa shape index (κ2) is 8.16. The first-order chi connectivity index (χ1) is 11.6. The average molecular weight is 389 g/mol. The molecule has 0 aliphatic heterocycles. The van der Waals surface area contributed by atoms with Crippen molar-refractivity contribution in [3.63, 3.8) is 0 Å². The number of sulfonamides is 2.